The van der Waals surface area contributed by atoms with Gasteiger partial charge in [0.1, 0.15) is 0 Å². The minimum atomic E-state index is 0.241. The monoisotopic (exact) mass is 224 g/mol. The zero-order valence-corrected chi connectivity index (χ0v) is 11.0. The summed E-state index contributed by atoms with van der Waals surface area (Å²) in [5, 5.41) is 0. The molecule has 2 aliphatic rings. The number of amides is 1. The zero-order valence-electron chi connectivity index (χ0n) is 11.0. The van der Waals surface area contributed by atoms with Crippen LogP contribution in [0.2, 0.25) is 0 Å². The maximum atomic E-state index is 11.3. The smallest absolute Gasteiger partial charge is 0.219 e. The Morgan fingerprint density at radius 2 is 1.94 bits per heavy atom. The highest BCUT2D eigenvalue weighted by atomic mass is 16.2. The van der Waals surface area contributed by atoms with Gasteiger partial charge in [-0.25, -0.2) is 0 Å². The van der Waals surface area contributed by atoms with Crippen molar-refractivity contribution in [1.82, 2.24) is 9.80 Å². The predicted molar refractivity (Wildman–Crippen MR) is 65.2 cm³/mol. The third-order valence-electron chi connectivity index (χ3n) is 4.66. The van der Waals surface area contributed by atoms with Crippen molar-refractivity contribution in [3.63, 3.8) is 0 Å². The zero-order chi connectivity index (χ0) is 12.0. The molecular weight excluding hydrogens is 200 g/mol. The third-order valence-corrected chi connectivity index (χ3v) is 4.66. The summed E-state index contributed by atoms with van der Waals surface area (Å²) in [7, 11) is 0. The Morgan fingerprint density at radius 1 is 1.31 bits per heavy atom. The molecule has 1 amide bonds. The van der Waals surface area contributed by atoms with E-state index in [0.717, 1.165) is 13.1 Å². The first kappa shape index (κ1) is 11.9. The lowest BCUT2D eigenvalue weighted by molar-refractivity contribution is -0.129. The summed E-state index contributed by atoms with van der Waals surface area (Å²) in [6, 6.07) is 0. The van der Waals surface area contributed by atoms with Crippen LogP contribution in [0.3, 0.4) is 0 Å². The topological polar surface area (TPSA) is 23.6 Å². The molecule has 3 heteroatoms. The lowest BCUT2D eigenvalue weighted by atomic mass is 9.75. The molecule has 0 radical (unpaired) electrons. The highest BCUT2D eigenvalue weighted by Crippen LogP contribution is 2.43. The van der Waals surface area contributed by atoms with Crippen LogP contribution in [0.4, 0.5) is 0 Å². The number of rotatable bonds is 2. The summed E-state index contributed by atoms with van der Waals surface area (Å²) < 4.78 is 0. The van der Waals surface area contributed by atoms with Gasteiger partial charge in [0.2, 0.25) is 5.91 Å². The number of likely N-dealkylation sites (tertiary alicyclic amines) is 2. The van der Waals surface area contributed by atoms with Crippen molar-refractivity contribution in [2.75, 3.05) is 26.2 Å². The van der Waals surface area contributed by atoms with Crippen LogP contribution in [-0.2, 0) is 4.79 Å². The molecule has 2 fully saturated rings. The fourth-order valence-electron chi connectivity index (χ4n) is 2.88. The van der Waals surface area contributed by atoms with Gasteiger partial charge in [-0.05, 0) is 26.7 Å². The molecule has 0 N–H and O–H groups in total. The second kappa shape index (κ2) is 3.73. The fourth-order valence-corrected chi connectivity index (χ4v) is 2.88. The Hall–Kier alpha value is -0.570. The summed E-state index contributed by atoms with van der Waals surface area (Å²) in [6.45, 7) is 12.9. The Bertz CT molecular complexity index is 292. The van der Waals surface area contributed by atoms with Gasteiger partial charge >= 0.3 is 0 Å². The molecule has 16 heavy (non-hydrogen) atoms. The van der Waals surface area contributed by atoms with E-state index in [1.165, 1.54) is 25.9 Å². The van der Waals surface area contributed by atoms with E-state index in [0.29, 0.717) is 11.0 Å². The minimum Gasteiger partial charge on any atom is -0.342 e. The van der Waals surface area contributed by atoms with Gasteiger partial charge in [0.25, 0.3) is 0 Å². The van der Waals surface area contributed by atoms with Gasteiger partial charge in [-0.3, -0.25) is 9.69 Å². The summed E-state index contributed by atoms with van der Waals surface area (Å²) >= 11 is 0. The minimum absolute atomic E-state index is 0.241. The first-order chi connectivity index (χ1) is 7.38. The molecule has 2 heterocycles. The molecule has 0 aromatic rings. The molecule has 2 rings (SSSR count). The van der Waals surface area contributed by atoms with E-state index in [1.807, 2.05) is 4.90 Å². The summed E-state index contributed by atoms with van der Waals surface area (Å²) in [5.74, 6) is 0.241. The molecule has 0 atom stereocenters. The van der Waals surface area contributed by atoms with Crippen molar-refractivity contribution >= 4 is 5.91 Å². The molecule has 0 saturated carbocycles. The van der Waals surface area contributed by atoms with Crippen LogP contribution in [0.15, 0.2) is 0 Å². The van der Waals surface area contributed by atoms with Gasteiger partial charge in [0.15, 0.2) is 0 Å². The second-order valence-electron chi connectivity index (χ2n) is 6.21. The molecule has 1 spiro atoms. The molecule has 2 saturated heterocycles. The summed E-state index contributed by atoms with van der Waals surface area (Å²) in [5.41, 5.74) is 0.757. The second-order valence-corrected chi connectivity index (χ2v) is 6.21. The molecule has 3 nitrogen and oxygen atoms in total. The summed E-state index contributed by atoms with van der Waals surface area (Å²) in [6.07, 6.45) is 2.39. The fraction of sp³-hybridized carbons (Fsp3) is 0.923. The number of carbonyl (C=O) groups excluding carboxylic acids is 1. The van der Waals surface area contributed by atoms with Crippen LogP contribution in [0, 0.1) is 5.41 Å². The van der Waals surface area contributed by atoms with E-state index in [1.54, 1.807) is 6.92 Å². The standard InChI is InChI=1S/C13H24N2O/c1-5-12(3,4)15-9-13(10-15)6-7-14(8-13)11(2)16/h5-10H2,1-4H3. The normalized spacial score (nSPS) is 24.9. The predicted octanol–water partition coefficient (Wildman–Crippen LogP) is 1.73. The lowest BCUT2D eigenvalue weighted by Crippen LogP contribution is -2.64. The molecule has 2 aliphatic heterocycles. The number of carbonyl (C=O) groups is 1. The third kappa shape index (κ3) is 1.86. The van der Waals surface area contributed by atoms with Gasteiger partial charge in [-0.2, -0.15) is 0 Å². The molecule has 0 aliphatic carbocycles. The van der Waals surface area contributed by atoms with Gasteiger partial charge in [0, 0.05) is 44.1 Å². The Labute approximate surface area is 98.8 Å². The van der Waals surface area contributed by atoms with Crippen LogP contribution >= 0.6 is 0 Å². The largest absolute Gasteiger partial charge is 0.342 e. The average molecular weight is 224 g/mol. The average Bonchev–Trinajstić information content (AvgIpc) is 2.60. The molecular formula is C13H24N2O. The molecule has 0 aromatic carbocycles. The Kier molecular flexibility index (Phi) is 2.77. The number of hydrogen-bond donors (Lipinski definition) is 0. The highest BCUT2D eigenvalue weighted by molar-refractivity contribution is 5.73. The van der Waals surface area contributed by atoms with Gasteiger partial charge in [-0.15, -0.1) is 0 Å². The highest BCUT2D eigenvalue weighted by Gasteiger charge is 2.51. The van der Waals surface area contributed by atoms with Crippen LogP contribution in [0.1, 0.15) is 40.5 Å². The van der Waals surface area contributed by atoms with Crippen molar-refractivity contribution < 1.29 is 4.79 Å². The van der Waals surface area contributed by atoms with Crippen molar-refractivity contribution in [2.24, 2.45) is 5.41 Å². The number of nitrogens with zero attached hydrogens (tertiary/aromatic N) is 2. The van der Waals surface area contributed by atoms with Crippen molar-refractivity contribution in [3.8, 4) is 0 Å². The maximum absolute atomic E-state index is 11.3. The lowest BCUT2D eigenvalue weighted by Gasteiger charge is -2.55. The van der Waals surface area contributed by atoms with E-state index in [-0.39, 0.29) is 5.91 Å². The van der Waals surface area contributed by atoms with Crippen molar-refractivity contribution in [1.29, 1.82) is 0 Å². The van der Waals surface area contributed by atoms with E-state index in [9.17, 15) is 4.79 Å². The quantitative estimate of drug-likeness (QED) is 0.713. The van der Waals surface area contributed by atoms with Crippen molar-refractivity contribution in [2.45, 2.75) is 46.1 Å². The molecule has 0 aromatic heterocycles. The van der Waals surface area contributed by atoms with Crippen LogP contribution < -0.4 is 0 Å². The number of hydrogen-bond acceptors (Lipinski definition) is 2. The Balaban J connectivity index is 1.91. The molecule has 92 valence electrons. The Morgan fingerprint density at radius 3 is 2.38 bits per heavy atom. The maximum Gasteiger partial charge on any atom is 0.219 e. The van der Waals surface area contributed by atoms with E-state index in [4.69, 9.17) is 0 Å². The summed E-state index contributed by atoms with van der Waals surface area (Å²) in [4.78, 5) is 15.9. The first-order valence-corrected chi connectivity index (χ1v) is 6.39. The van der Waals surface area contributed by atoms with Crippen LogP contribution in [-0.4, -0.2) is 47.4 Å². The van der Waals surface area contributed by atoms with Gasteiger partial charge < -0.3 is 4.90 Å². The van der Waals surface area contributed by atoms with E-state index in [2.05, 4.69) is 25.7 Å². The van der Waals surface area contributed by atoms with Gasteiger partial charge in [0.05, 0.1) is 0 Å². The van der Waals surface area contributed by atoms with E-state index < -0.39 is 0 Å². The SMILES string of the molecule is CCC(C)(C)N1CC2(CCN(C(C)=O)C2)C1. The van der Waals surface area contributed by atoms with Crippen molar-refractivity contribution in [3.05, 3.63) is 0 Å². The molecule has 0 unspecified atom stereocenters. The van der Waals surface area contributed by atoms with E-state index >= 15 is 0 Å². The molecule has 0 bridgehead atoms. The van der Waals surface area contributed by atoms with Gasteiger partial charge in [-0.1, -0.05) is 6.92 Å². The van der Waals surface area contributed by atoms with Crippen LogP contribution in [0.25, 0.3) is 0 Å². The van der Waals surface area contributed by atoms with Crippen LogP contribution in [0.5, 0.6) is 0 Å². The first-order valence-electron chi connectivity index (χ1n) is 6.39.